The lowest BCUT2D eigenvalue weighted by molar-refractivity contribution is -0.157. The van der Waals surface area contributed by atoms with Crippen LogP contribution in [0.25, 0.3) is 0 Å². The Morgan fingerprint density at radius 1 is 1.33 bits per heavy atom. The van der Waals surface area contributed by atoms with E-state index in [2.05, 4.69) is 15.6 Å². The van der Waals surface area contributed by atoms with Gasteiger partial charge in [-0.2, -0.15) is 13.2 Å². The lowest BCUT2D eigenvalue weighted by atomic mass is 10.2. The summed E-state index contributed by atoms with van der Waals surface area (Å²) in [5.74, 6) is -0.383. The number of hydrogen-bond acceptors (Lipinski definition) is 2. The molecule has 5 nitrogen and oxygen atoms in total. The number of alkyl halides is 3. The standard InChI is InChI=1S/C14H18ClF3N4O.HI/c1-19-13(20-7-10-4-3-5-11(15)6-10)21-8-12(23)22(2)9-14(16,17)18;/h3-6H,7-9H2,1-2H3,(H2,19,20,21);1H. The second-order valence-electron chi connectivity index (χ2n) is 4.77. The van der Waals surface area contributed by atoms with Crippen LogP contribution in [-0.2, 0) is 11.3 Å². The molecule has 0 aromatic heterocycles. The Bertz CT molecular complexity index is 569. The summed E-state index contributed by atoms with van der Waals surface area (Å²) in [6.07, 6.45) is -4.42. The van der Waals surface area contributed by atoms with E-state index in [1.54, 1.807) is 18.2 Å². The minimum atomic E-state index is -4.42. The number of aliphatic imine (C=N–C) groups is 1. The summed E-state index contributed by atoms with van der Waals surface area (Å²) in [4.78, 5) is 16.1. The summed E-state index contributed by atoms with van der Waals surface area (Å²) in [6.45, 7) is -1.17. The maximum absolute atomic E-state index is 12.2. The van der Waals surface area contributed by atoms with Gasteiger partial charge in [-0.15, -0.1) is 24.0 Å². The Balaban J connectivity index is 0.00000529. The Labute approximate surface area is 160 Å². The van der Waals surface area contributed by atoms with E-state index in [1.807, 2.05) is 6.07 Å². The van der Waals surface area contributed by atoms with Crippen LogP contribution in [0.3, 0.4) is 0 Å². The van der Waals surface area contributed by atoms with Crippen molar-refractivity contribution in [2.24, 2.45) is 4.99 Å². The van der Waals surface area contributed by atoms with Gasteiger partial charge in [0, 0.05) is 25.7 Å². The maximum Gasteiger partial charge on any atom is 0.406 e. The number of nitrogens with one attached hydrogen (secondary N) is 2. The number of likely N-dealkylation sites (N-methyl/N-ethyl adjacent to an activating group) is 1. The number of carbonyl (C=O) groups excluding carboxylic acids is 1. The van der Waals surface area contributed by atoms with Gasteiger partial charge in [0.25, 0.3) is 0 Å². The van der Waals surface area contributed by atoms with Crippen molar-refractivity contribution in [1.82, 2.24) is 15.5 Å². The van der Waals surface area contributed by atoms with Gasteiger partial charge in [0.1, 0.15) is 6.54 Å². The third-order valence-corrected chi connectivity index (χ3v) is 3.06. The zero-order valence-corrected chi connectivity index (χ0v) is 16.2. The summed E-state index contributed by atoms with van der Waals surface area (Å²) in [7, 11) is 2.59. The topological polar surface area (TPSA) is 56.7 Å². The second kappa shape index (κ2) is 10.6. The van der Waals surface area contributed by atoms with Crippen LogP contribution >= 0.6 is 35.6 Å². The normalized spacial score (nSPS) is 11.5. The molecule has 1 rings (SSSR count). The molecule has 0 unspecified atom stereocenters. The van der Waals surface area contributed by atoms with Gasteiger partial charge in [0.15, 0.2) is 5.96 Å². The molecule has 0 fully saturated rings. The number of guanidine groups is 1. The maximum atomic E-state index is 12.2. The Morgan fingerprint density at radius 3 is 2.54 bits per heavy atom. The lowest BCUT2D eigenvalue weighted by Gasteiger charge is -2.20. The molecule has 0 saturated heterocycles. The Morgan fingerprint density at radius 2 is 2.00 bits per heavy atom. The first kappa shape index (κ1) is 22.8. The van der Waals surface area contributed by atoms with E-state index < -0.39 is 18.6 Å². The number of carbonyl (C=O) groups is 1. The van der Waals surface area contributed by atoms with Gasteiger partial charge in [0.2, 0.25) is 5.91 Å². The fourth-order valence-electron chi connectivity index (χ4n) is 1.70. The van der Waals surface area contributed by atoms with E-state index in [1.165, 1.54) is 7.05 Å². The number of hydrogen-bond donors (Lipinski definition) is 2. The van der Waals surface area contributed by atoms with Crippen LogP contribution in [0.1, 0.15) is 5.56 Å². The smallest absolute Gasteiger partial charge is 0.352 e. The molecule has 0 heterocycles. The predicted octanol–water partition coefficient (Wildman–Crippen LogP) is 2.64. The highest BCUT2D eigenvalue weighted by Crippen LogP contribution is 2.15. The predicted molar refractivity (Wildman–Crippen MR) is 98.8 cm³/mol. The molecule has 1 aromatic carbocycles. The molecule has 136 valence electrons. The second-order valence-corrected chi connectivity index (χ2v) is 5.21. The molecule has 1 amide bonds. The van der Waals surface area contributed by atoms with Crippen molar-refractivity contribution in [2.45, 2.75) is 12.7 Å². The highest BCUT2D eigenvalue weighted by Gasteiger charge is 2.31. The number of rotatable bonds is 5. The van der Waals surface area contributed by atoms with Crippen LogP contribution in [0.15, 0.2) is 29.3 Å². The van der Waals surface area contributed by atoms with Crippen LogP contribution in [0.2, 0.25) is 5.02 Å². The molecule has 0 radical (unpaired) electrons. The van der Waals surface area contributed by atoms with Crippen molar-refractivity contribution in [3.8, 4) is 0 Å². The quantitative estimate of drug-likeness (QED) is 0.389. The van der Waals surface area contributed by atoms with Gasteiger partial charge in [-0.1, -0.05) is 23.7 Å². The highest BCUT2D eigenvalue weighted by molar-refractivity contribution is 14.0. The van der Waals surface area contributed by atoms with Crippen molar-refractivity contribution >= 4 is 47.4 Å². The summed E-state index contributed by atoms with van der Waals surface area (Å²) in [5.41, 5.74) is 0.904. The summed E-state index contributed by atoms with van der Waals surface area (Å²) < 4.78 is 36.6. The molecule has 0 aliphatic heterocycles. The summed E-state index contributed by atoms with van der Waals surface area (Å²) in [6, 6.07) is 7.16. The summed E-state index contributed by atoms with van der Waals surface area (Å²) in [5, 5.41) is 6.20. The molecule has 0 aliphatic carbocycles. The van der Waals surface area contributed by atoms with E-state index in [0.717, 1.165) is 12.6 Å². The van der Waals surface area contributed by atoms with Crippen molar-refractivity contribution in [1.29, 1.82) is 0 Å². The minimum Gasteiger partial charge on any atom is -0.352 e. The Kier molecular flexibility index (Phi) is 10.1. The van der Waals surface area contributed by atoms with Gasteiger partial charge in [-0.25, -0.2) is 0 Å². The molecule has 0 spiro atoms. The molecule has 0 bridgehead atoms. The molecule has 1 aromatic rings. The number of nitrogens with zero attached hydrogens (tertiary/aromatic N) is 2. The van der Waals surface area contributed by atoms with Crippen molar-refractivity contribution < 1.29 is 18.0 Å². The van der Waals surface area contributed by atoms with E-state index in [9.17, 15) is 18.0 Å². The first-order chi connectivity index (χ1) is 10.7. The van der Waals surface area contributed by atoms with E-state index in [4.69, 9.17) is 11.6 Å². The average molecular weight is 479 g/mol. The molecule has 24 heavy (non-hydrogen) atoms. The lowest BCUT2D eigenvalue weighted by Crippen LogP contribution is -2.45. The number of halogens is 5. The fourth-order valence-corrected chi connectivity index (χ4v) is 1.92. The van der Waals surface area contributed by atoms with E-state index in [0.29, 0.717) is 22.4 Å². The van der Waals surface area contributed by atoms with Gasteiger partial charge in [-0.05, 0) is 17.7 Å². The highest BCUT2D eigenvalue weighted by atomic mass is 127. The zero-order valence-electron chi connectivity index (χ0n) is 13.2. The van der Waals surface area contributed by atoms with Gasteiger partial charge in [0.05, 0.1) is 6.54 Å². The Hall–Kier alpha value is -1.23. The molecule has 0 aliphatic rings. The van der Waals surface area contributed by atoms with Crippen LogP contribution < -0.4 is 10.6 Å². The first-order valence-electron chi connectivity index (χ1n) is 6.71. The third-order valence-electron chi connectivity index (χ3n) is 2.82. The monoisotopic (exact) mass is 478 g/mol. The van der Waals surface area contributed by atoms with Crippen LogP contribution in [0, 0.1) is 0 Å². The van der Waals surface area contributed by atoms with Crippen molar-refractivity contribution in [3.05, 3.63) is 34.9 Å². The van der Waals surface area contributed by atoms with Crippen molar-refractivity contribution in [2.75, 3.05) is 27.2 Å². The third kappa shape index (κ3) is 9.16. The molecular weight excluding hydrogens is 460 g/mol. The molecule has 2 N–H and O–H groups in total. The molecule has 0 atom stereocenters. The van der Waals surface area contributed by atoms with E-state index in [-0.39, 0.29) is 30.5 Å². The van der Waals surface area contributed by atoms with Gasteiger partial charge >= 0.3 is 6.18 Å². The number of benzene rings is 1. The molecule has 10 heteroatoms. The largest absolute Gasteiger partial charge is 0.406 e. The van der Waals surface area contributed by atoms with Gasteiger partial charge in [-0.3, -0.25) is 9.79 Å². The first-order valence-corrected chi connectivity index (χ1v) is 7.09. The fraction of sp³-hybridized carbons (Fsp3) is 0.429. The average Bonchev–Trinajstić information content (AvgIpc) is 2.45. The van der Waals surface area contributed by atoms with Crippen LogP contribution in [-0.4, -0.2) is 50.1 Å². The summed E-state index contributed by atoms with van der Waals surface area (Å²) >= 11 is 5.87. The molecular formula is C14H19ClF3IN4O. The SMILES string of the molecule is CN=C(NCC(=O)N(C)CC(F)(F)F)NCc1cccc(Cl)c1.I. The minimum absolute atomic E-state index is 0. The number of amides is 1. The van der Waals surface area contributed by atoms with E-state index >= 15 is 0 Å². The zero-order chi connectivity index (χ0) is 17.5. The molecule has 0 saturated carbocycles. The van der Waals surface area contributed by atoms with Crippen molar-refractivity contribution in [3.63, 3.8) is 0 Å². The van der Waals surface area contributed by atoms with Crippen LogP contribution in [0.5, 0.6) is 0 Å². The van der Waals surface area contributed by atoms with Crippen LogP contribution in [0.4, 0.5) is 13.2 Å². The van der Waals surface area contributed by atoms with Gasteiger partial charge < -0.3 is 15.5 Å².